The molecule has 18 heavy (non-hydrogen) atoms. The standard InChI is InChI=1S/C15H25BrClN/c16-11-7-5-3-1-2-4-6-8-12-18-13-9-15(17)10-14-18/h9-10,13-15H,1-8,11-12H2. The Morgan fingerprint density at radius 1 is 0.833 bits per heavy atom. The third-order valence-electron chi connectivity index (χ3n) is 3.22. The largest absolute Gasteiger partial charge is 0.355 e. The van der Waals surface area contributed by atoms with Crippen LogP contribution in [-0.4, -0.2) is 22.2 Å². The predicted octanol–water partition coefficient (Wildman–Crippen LogP) is 5.45. The first-order valence-corrected chi connectivity index (χ1v) is 8.71. The predicted molar refractivity (Wildman–Crippen MR) is 85.4 cm³/mol. The van der Waals surface area contributed by atoms with Gasteiger partial charge in [0, 0.05) is 24.3 Å². The van der Waals surface area contributed by atoms with Crippen molar-refractivity contribution in [1.82, 2.24) is 4.90 Å². The molecule has 104 valence electrons. The summed E-state index contributed by atoms with van der Waals surface area (Å²) in [5, 5.41) is 1.24. The van der Waals surface area contributed by atoms with Crippen molar-refractivity contribution in [3.05, 3.63) is 24.6 Å². The van der Waals surface area contributed by atoms with E-state index < -0.39 is 0 Å². The van der Waals surface area contributed by atoms with Crippen LogP contribution in [0.2, 0.25) is 0 Å². The van der Waals surface area contributed by atoms with E-state index in [2.05, 4.69) is 33.2 Å². The Balaban J connectivity index is 1.84. The van der Waals surface area contributed by atoms with Crippen molar-refractivity contribution in [1.29, 1.82) is 0 Å². The molecule has 1 heterocycles. The van der Waals surface area contributed by atoms with Crippen LogP contribution in [0.25, 0.3) is 0 Å². The number of hydrogen-bond acceptors (Lipinski definition) is 1. The van der Waals surface area contributed by atoms with Crippen LogP contribution in [0, 0.1) is 0 Å². The van der Waals surface area contributed by atoms with Crippen LogP contribution < -0.4 is 0 Å². The van der Waals surface area contributed by atoms with Crippen molar-refractivity contribution in [3.63, 3.8) is 0 Å². The molecule has 0 saturated heterocycles. The van der Waals surface area contributed by atoms with Crippen LogP contribution in [0.3, 0.4) is 0 Å². The van der Waals surface area contributed by atoms with Gasteiger partial charge in [0.1, 0.15) is 0 Å². The van der Waals surface area contributed by atoms with E-state index in [1.54, 1.807) is 0 Å². The minimum Gasteiger partial charge on any atom is -0.355 e. The lowest BCUT2D eigenvalue weighted by Gasteiger charge is -2.19. The van der Waals surface area contributed by atoms with Gasteiger partial charge in [0.05, 0.1) is 5.38 Å². The molecule has 0 amide bonds. The number of rotatable bonds is 10. The van der Waals surface area contributed by atoms with Crippen LogP contribution in [0.1, 0.15) is 51.4 Å². The van der Waals surface area contributed by atoms with Crippen LogP contribution >= 0.6 is 27.5 Å². The lowest BCUT2D eigenvalue weighted by atomic mass is 10.1. The van der Waals surface area contributed by atoms with E-state index in [0.29, 0.717) is 0 Å². The molecule has 0 aromatic heterocycles. The normalized spacial score (nSPS) is 15.6. The summed E-state index contributed by atoms with van der Waals surface area (Å²) in [6, 6.07) is 0. The summed E-state index contributed by atoms with van der Waals surface area (Å²) >= 11 is 9.40. The molecule has 1 aliphatic rings. The molecule has 0 atom stereocenters. The fourth-order valence-electron chi connectivity index (χ4n) is 2.10. The van der Waals surface area contributed by atoms with E-state index in [9.17, 15) is 0 Å². The zero-order valence-corrected chi connectivity index (χ0v) is 13.5. The van der Waals surface area contributed by atoms with Gasteiger partial charge in [0.2, 0.25) is 0 Å². The third-order valence-corrected chi connectivity index (χ3v) is 4.07. The summed E-state index contributed by atoms with van der Waals surface area (Å²) in [6.07, 6.45) is 19.2. The van der Waals surface area contributed by atoms with Gasteiger partial charge in [0.15, 0.2) is 0 Å². The lowest BCUT2D eigenvalue weighted by Crippen LogP contribution is -2.15. The SMILES string of the molecule is ClC1C=CN(CCCCCCCCCCBr)C=C1. The van der Waals surface area contributed by atoms with Gasteiger partial charge in [-0.3, -0.25) is 0 Å². The first-order chi connectivity index (χ1) is 8.83. The molecule has 0 aromatic carbocycles. The quantitative estimate of drug-likeness (QED) is 0.379. The molecule has 1 aliphatic heterocycles. The summed E-state index contributed by atoms with van der Waals surface area (Å²) in [5.74, 6) is 0. The average Bonchev–Trinajstić information content (AvgIpc) is 2.39. The number of hydrogen-bond donors (Lipinski definition) is 0. The van der Waals surface area contributed by atoms with Crippen molar-refractivity contribution >= 4 is 27.5 Å². The molecule has 0 radical (unpaired) electrons. The Bertz CT molecular complexity index is 239. The van der Waals surface area contributed by atoms with Gasteiger partial charge in [-0.1, -0.05) is 54.5 Å². The highest BCUT2D eigenvalue weighted by Gasteiger charge is 2.02. The molecule has 0 fully saturated rings. The van der Waals surface area contributed by atoms with Crippen molar-refractivity contribution < 1.29 is 0 Å². The Morgan fingerprint density at radius 3 is 1.89 bits per heavy atom. The molecule has 1 nitrogen and oxygen atoms in total. The maximum Gasteiger partial charge on any atom is 0.0730 e. The molecule has 1 rings (SSSR count). The molecule has 0 bridgehead atoms. The van der Waals surface area contributed by atoms with Crippen LogP contribution in [0.5, 0.6) is 0 Å². The summed E-state index contributed by atoms with van der Waals surface area (Å²) in [5.41, 5.74) is 0. The number of nitrogens with zero attached hydrogens (tertiary/aromatic N) is 1. The second-order valence-electron chi connectivity index (χ2n) is 4.88. The molecule has 3 heteroatoms. The highest BCUT2D eigenvalue weighted by atomic mass is 79.9. The van der Waals surface area contributed by atoms with Crippen molar-refractivity contribution in [3.8, 4) is 0 Å². The van der Waals surface area contributed by atoms with Gasteiger partial charge in [-0.15, -0.1) is 11.6 Å². The van der Waals surface area contributed by atoms with Gasteiger partial charge in [0.25, 0.3) is 0 Å². The van der Waals surface area contributed by atoms with Crippen molar-refractivity contribution in [2.45, 2.75) is 56.7 Å². The summed E-state index contributed by atoms with van der Waals surface area (Å²) in [7, 11) is 0. The van der Waals surface area contributed by atoms with Gasteiger partial charge in [-0.25, -0.2) is 0 Å². The topological polar surface area (TPSA) is 3.24 Å². The number of allylic oxidation sites excluding steroid dienone is 2. The van der Waals surface area contributed by atoms with Gasteiger partial charge in [-0.2, -0.15) is 0 Å². The lowest BCUT2D eigenvalue weighted by molar-refractivity contribution is 0.459. The minimum atomic E-state index is 0.0840. The zero-order chi connectivity index (χ0) is 13.1. The summed E-state index contributed by atoms with van der Waals surface area (Å²) in [6.45, 7) is 1.13. The summed E-state index contributed by atoms with van der Waals surface area (Å²) in [4.78, 5) is 2.23. The van der Waals surface area contributed by atoms with E-state index in [-0.39, 0.29) is 5.38 Å². The Morgan fingerprint density at radius 2 is 1.33 bits per heavy atom. The molecular weight excluding hydrogens is 310 g/mol. The van der Waals surface area contributed by atoms with Crippen LogP contribution in [0.4, 0.5) is 0 Å². The van der Waals surface area contributed by atoms with E-state index in [1.807, 2.05) is 12.2 Å². The average molecular weight is 335 g/mol. The van der Waals surface area contributed by atoms with E-state index in [0.717, 1.165) is 11.9 Å². The second-order valence-corrected chi connectivity index (χ2v) is 6.18. The molecule has 0 unspecified atom stereocenters. The fraction of sp³-hybridized carbons (Fsp3) is 0.733. The maximum absolute atomic E-state index is 5.93. The van der Waals surface area contributed by atoms with Crippen LogP contribution in [0.15, 0.2) is 24.6 Å². The maximum atomic E-state index is 5.93. The highest BCUT2D eigenvalue weighted by Crippen LogP contribution is 2.12. The van der Waals surface area contributed by atoms with Crippen LogP contribution in [-0.2, 0) is 0 Å². The van der Waals surface area contributed by atoms with Gasteiger partial charge >= 0.3 is 0 Å². The first kappa shape index (κ1) is 16.1. The zero-order valence-electron chi connectivity index (χ0n) is 11.2. The fourth-order valence-corrected chi connectivity index (χ4v) is 2.62. The van der Waals surface area contributed by atoms with Crippen molar-refractivity contribution in [2.24, 2.45) is 0 Å². The number of unbranched alkanes of at least 4 members (excludes halogenated alkanes) is 7. The third kappa shape index (κ3) is 8.20. The monoisotopic (exact) mass is 333 g/mol. The number of alkyl halides is 2. The van der Waals surface area contributed by atoms with Crippen molar-refractivity contribution in [2.75, 3.05) is 11.9 Å². The van der Waals surface area contributed by atoms with Gasteiger partial charge < -0.3 is 4.90 Å². The summed E-state index contributed by atoms with van der Waals surface area (Å²) < 4.78 is 0. The van der Waals surface area contributed by atoms with E-state index in [4.69, 9.17) is 11.6 Å². The van der Waals surface area contributed by atoms with Gasteiger partial charge in [-0.05, 0) is 25.0 Å². The molecular formula is C15H25BrClN. The smallest absolute Gasteiger partial charge is 0.0730 e. The molecule has 0 spiro atoms. The molecule has 0 saturated carbocycles. The Kier molecular flexibility index (Phi) is 9.78. The number of halogens is 2. The molecule has 0 N–H and O–H groups in total. The minimum absolute atomic E-state index is 0.0840. The molecule has 0 aromatic rings. The van der Waals surface area contributed by atoms with E-state index in [1.165, 1.54) is 51.4 Å². The Labute approximate surface area is 125 Å². The first-order valence-electron chi connectivity index (χ1n) is 7.15. The van der Waals surface area contributed by atoms with E-state index >= 15 is 0 Å². The molecule has 0 aliphatic carbocycles. The highest BCUT2D eigenvalue weighted by molar-refractivity contribution is 9.09. The Hall–Kier alpha value is 0.0500. The second kappa shape index (κ2) is 10.9.